The second-order valence-electron chi connectivity index (χ2n) is 4.34. The highest BCUT2D eigenvalue weighted by atomic mass is 35.5. The standard InChI is InChI=1S/C13H15ClN2O3S/c1-8(19-2)6-16-10-5-3-4-9(14)12(10)15-13(16)20-7-11(17)18/h3-5,8H,6-7H2,1-2H3,(H,17,18). The number of hydrogen-bond donors (Lipinski definition) is 1. The fourth-order valence-corrected chi connectivity index (χ4v) is 2.78. The van der Waals surface area contributed by atoms with Crippen LogP contribution in [0.4, 0.5) is 0 Å². The van der Waals surface area contributed by atoms with E-state index in [0.717, 1.165) is 5.52 Å². The van der Waals surface area contributed by atoms with E-state index in [1.54, 1.807) is 13.2 Å². The average molecular weight is 315 g/mol. The molecule has 1 aromatic heterocycles. The Bertz CT molecular complexity index is 629. The van der Waals surface area contributed by atoms with Crippen molar-refractivity contribution >= 4 is 40.4 Å². The van der Waals surface area contributed by atoms with Crippen molar-refractivity contribution in [1.82, 2.24) is 9.55 Å². The summed E-state index contributed by atoms with van der Waals surface area (Å²) in [7, 11) is 1.64. The summed E-state index contributed by atoms with van der Waals surface area (Å²) in [6, 6.07) is 5.54. The van der Waals surface area contributed by atoms with Crippen LogP contribution in [0.15, 0.2) is 23.4 Å². The van der Waals surface area contributed by atoms with Gasteiger partial charge in [0, 0.05) is 7.11 Å². The third kappa shape index (κ3) is 3.26. The van der Waals surface area contributed by atoms with E-state index < -0.39 is 5.97 Å². The van der Waals surface area contributed by atoms with Gasteiger partial charge < -0.3 is 14.4 Å². The molecule has 0 radical (unpaired) electrons. The summed E-state index contributed by atoms with van der Waals surface area (Å²) in [5.74, 6) is -0.915. The topological polar surface area (TPSA) is 64.3 Å². The zero-order valence-corrected chi connectivity index (χ0v) is 12.7. The maximum atomic E-state index is 10.7. The van der Waals surface area contributed by atoms with Crippen molar-refractivity contribution in [2.24, 2.45) is 0 Å². The van der Waals surface area contributed by atoms with Crippen LogP contribution in [0.2, 0.25) is 5.02 Å². The van der Waals surface area contributed by atoms with Gasteiger partial charge in [-0.1, -0.05) is 29.4 Å². The Morgan fingerprint density at radius 2 is 2.35 bits per heavy atom. The first-order chi connectivity index (χ1) is 9.52. The number of nitrogens with zero attached hydrogens (tertiary/aromatic N) is 2. The molecule has 7 heteroatoms. The Morgan fingerprint density at radius 1 is 1.60 bits per heavy atom. The zero-order valence-electron chi connectivity index (χ0n) is 11.2. The minimum atomic E-state index is -0.875. The number of carboxylic acids is 1. The zero-order chi connectivity index (χ0) is 14.7. The van der Waals surface area contributed by atoms with E-state index >= 15 is 0 Å². The summed E-state index contributed by atoms with van der Waals surface area (Å²) < 4.78 is 7.22. The van der Waals surface area contributed by atoms with E-state index in [1.807, 2.05) is 23.6 Å². The molecule has 2 aromatic rings. The first kappa shape index (κ1) is 15.2. The number of benzene rings is 1. The first-order valence-corrected chi connectivity index (χ1v) is 7.41. The molecule has 0 saturated heterocycles. The maximum Gasteiger partial charge on any atom is 0.313 e. The van der Waals surface area contributed by atoms with Crippen molar-refractivity contribution in [3.8, 4) is 0 Å². The third-order valence-corrected chi connectivity index (χ3v) is 4.13. The van der Waals surface area contributed by atoms with Crippen LogP contribution >= 0.6 is 23.4 Å². The van der Waals surface area contributed by atoms with Gasteiger partial charge in [0.05, 0.1) is 28.9 Å². The van der Waals surface area contributed by atoms with Gasteiger partial charge in [-0.25, -0.2) is 4.98 Å². The highest BCUT2D eigenvalue weighted by Crippen LogP contribution is 2.29. The van der Waals surface area contributed by atoms with Crippen molar-refractivity contribution in [1.29, 1.82) is 0 Å². The predicted molar refractivity (Wildman–Crippen MR) is 79.6 cm³/mol. The SMILES string of the molecule is COC(C)Cn1c(SCC(=O)O)nc2c(Cl)cccc21. The van der Waals surface area contributed by atoms with Crippen LogP contribution in [0.1, 0.15) is 6.92 Å². The number of thioether (sulfide) groups is 1. The molecular weight excluding hydrogens is 300 g/mol. The summed E-state index contributed by atoms with van der Waals surface area (Å²) in [4.78, 5) is 15.2. The molecule has 0 aliphatic carbocycles. The number of ether oxygens (including phenoxy) is 1. The molecule has 0 bridgehead atoms. The minimum absolute atomic E-state index is 0.00411. The van der Waals surface area contributed by atoms with E-state index in [0.29, 0.717) is 22.2 Å². The molecule has 0 aliphatic heterocycles. The quantitative estimate of drug-likeness (QED) is 0.831. The van der Waals surface area contributed by atoms with E-state index in [9.17, 15) is 4.79 Å². The van der Waals surface area contributed by atoms with Crippen LogP contribution in [0, 0.1) is 0 Å². The molecule has 0 fully saturated rings. The molecule has 1 N–H and O–H groups in total. The Kier molecular flexibility index (Phi) is 4.91. The number of rotatable bonds is 6. The van der Waals surface area contributed by atoms with Gasteiger partial charge in [-0.15, -0.1) is 0 Å². The average Bonchev–Trinajstić information content (AvgIpc) is 2.76. The Morgan fingerprint density at radius 3 is 3.00 bits per heavy atom. The van der Waals surface area contributed by atoms with Gasteiger partial charge in [-0.2, -0.15) is 0 Å². The lowest BCUT2D eigenvalue weighted by atomic mass is 10.3. The number of methoxy groups -OCH3 is 1. The summed E-state index contributed by atoms with van der Waals surface area (Å²) >= 11 is 7.32. The molecule has 0 amide bonds. The third-order valence-electron chi connectivity index (χ3n) is 2.86. The number of carboxylic acid groups (broad SMARTS) is 1. The minimum Gasteiger partial charge on any atom is -0.481 e. The molecule has 0 saturated carbocycles. The van der Waals surface area contributed by atoms with Crippen molar-refractivity contribution in [2.75, 3.05) is 12.9 Å². The number of aromatic nitrogens is 2. The maximum absolute atomic E-state index is 10.7. The largest absolute Gasteiger partial charge is 0.481 e. The molecule has 0 aliphatic rings. The molecule has 20 heavy (non-hydrogen) atoms. The van der Waals surface area contributed by atoms with Crippen LogP contribution in [-0.4, -0.2) is 39.6 Å². The molecule has 1 aromatic carbocycles. The highest BCUT2D eigenvalue weighted by molar-refractivity contribution is 7.99. The predicted octanol–water partition coefficient (Wildman–Crippen LogP) is 2.90. The van der Waals surface area contributed by atoms with Crippen LogP contribution in [0.5, 0.6) is 0 Å². The molecule has 1 atom stereocenters. The van der Waals surface area contributed by atoms with Crippen molar-refractivity contribution < 1.29 is 14.6 Å². The van der Waals surface area contributed by atoms with Gasteiger partial charge in [-0.05, 0) is 19.1 Å². The number of hydrogen-bond acceptors (Lipinski definition) is 4. The number of fused-ring (bicyclic) bond motifs is 1. The summed E-state index contributed by atoms with van der Waals surface area (Å²) in [5, 5.41) is 10.0. The van der Waals surface area contributed by atoms with E-state index in [-0.39, 0.29) is 11.9 Å². The molecule has 2 rings (SSSR count). The van der Waals surface area contributed by atoms with Crippen LogP contribution in [-0.2, 0) is 16.1 Å². The monoisotopic (exact) mass is 314 g/mol. The van der Waals surface area contributed by atoms with Gasteiger partial charge in [0.1, 0.15) is 5.52 Å². The lowest BCUT2D eigenvalue weighted by Crippen LogP contribution is -2.15. The van der Waals surface area contributed by atoms with Crippen molar-refractivity contribution in [3.63, 3.8) is 0 Å². The van der Waals surface area contributed by atoms with Crippen molar-refractivity contribution in [2.45, 2.75) is 24.7 Å². The van der Waals surface area contributed by atoms with Gasteiger partial charge in [0.15, 0.2) is 5.16 Å². The van der Waals surface area contributed by atoms with Crippen molar-refractivity contribution in [3.05, 3.63) is 23.2 Å². The summed E-state index contributed by atoms with van der Waals surface area (Å²) in [5.41, 5.74) is 1.57. The lowest BCUT2D eigenvalue weighted by Gasteiger charge is -2.13. The molecular formula is C13H15ClN2O3S. The first-order valence-electron chi connectivity index (χ1n) is 6.05. The van der Waals surface area contributed by atoms with Gasteiger partial charge in [0.25, 0.3) is 0 Å². The van der Waals surface area contributed by atoms with Gasteiger partial charge in [-0.3, -0.25) is 4.79 Å². The molecule has 0 spiro atoms. The van der Waals surface area contributed by atoms with Crippen LogP contribution in [0.25, 0.3) is 11.0 Å². The van der Waals surface area contributed by atoms with Gasteiger partial charge in [0.2, 0.25) is 0 Å². The van der Waals surface area contributed by atoms with Crippen LogP contribution < -0.4 is 0 Å². The van der Waals surface area contributed by atoms with E-state index in [2.05, 4.69) is 4.98 Å². The molecule has 1 heterocycles. The van der Waals surface area contributed by atoms with Crippen LogP contribution in [0.3, 0.4) is 0 Å². The fourth-order valence-electron chi connectivity index (χ4n) is 1.84. The lowest BCUT2D eigenvalue weighted by molar-refractivity contribution is -0.133. The Labute approximate surface area is 125 Å². The van der Waals surface area contributed by atoms with Gasteiger partial charge >= 0.3 is 5.97 Å². The highest BCUT2D eigenvalue weighted by Gasteiger charge is 2.16. The Hall–Kier alpha value is -1.24. The number of imidazole rings is 1. The molecule has 5 nitrogen and oxygen atoms in total. The fraction of sp³-hybridized carbons (Fsp3) is 0.385. The smallest absolute Gasteiger partial charge is 0.313 e. The summed E-state index contributed by atoms with van der Waals surface area (Å²) in [6.07, 6.45) is -0.00411. The Balaban J connectivity index is 2.45. The normalized spacial score (nSPS) is 12.8. The number of aliphatic carboxylic acids is 1. The second-order valence-corrected chi connectivity index (χ2v) is 5.69. The number of halogens is 1. The molecule has 108 valence electrons. The second kappa shape index (κ2) is 6.47. The summed E-state index contributed by atoms with van der Waals surface area (Å²) in [6.45, 7) is 2.54. The molecule has 1 unspecified atom stereocenters. The number of carbonyl (C=O) groups is 1. The van der Waals surface area contributed by atoms with E-state index in [4.69, 9.17) is 21.4 Å². The number of para-hydroxylation sites is 1. The van der Waals surface area contributed by atoms with E-state index in [1.165, 1.54) is 11.8 Å².